The summed E-state index contributed by atoms with van der Waals surface area (Å²) >= 11 is 0. The van der Waals surface area contributed by atoms with E-state index in [9.17, 15) is 21.6 Å². The Balaban J connectivity index is 2.25. The second-order valence-corrected chi connectivity index (χ2v) is 6.48. The highest BCUT2D eigenvalue weighted by molar-refractivity contribution is 7.92. The summed E-state index contributed by atoms with van der Waals surface area (Å²) in [4.78, 5) is -0.0689. The Morgan fingerprint density at radius 1 is 1.04 bits per heavy atom. The summed E-state index contributed by atoms with van der Waals surface area (Å²) < 4.78 is 72.3. The average Bonchev–Trinajstić information content (AvgIpc) is 2.47. The molecule has 0 fully saturated rings. The topological polar surface area (TPSA) is 64.6 Å². The van der Waals surface area contributed by atoms with Crippen LogP contribution in [0.1, 0.15) is 5.56 Å². The van der Waals surface area contributed by atoms with Gasteiger partial charge in [-0.25, -0.2) is 8.42 Å². The van der Waals surface area contributed by atoms with E-state index in [4.69, 9.17) is 4.74 Å². The van der Waals surface area contributed by atoms with Gasteiger partial charge in [-0.2, -0.15) is 0 Å². The van der Waals surface area contributed by atoms with Crippen molar-refractivity contribution in [3.05, 3.63) is 48.0 Å². The van der Waals surface area contributed by atoms with Crippen molar-refractivity contribution in [1.82, 2.24) is 0 Å². The summed E-state index contributed by atoms with van der Waals surface area (Å²) in [6.07, 6.45) is -4.81. The monoisotopic (exact) mass is 361 g/mol. The highest BCUT2D eigenvalue weighted by atomic mass is 32.2. The Bertz CT molecular complexity index is 818. The van der Waals surface area contributed by atoms with Crippen LogP contribution in [0.2, 0.25) is 0 Å². The van der Waals surface area contributed by atoms with E-state index in [0.29, 0.717) is 5.56 Å². The molecule has 2 aromatic rings. The summed E-state index contributed by atoms with van der Waals surface area (Å²) in [6, 6.07) is 9.01. The molecule has 1 N–H and O–H groups in total. The fourth-order valence-electron chi connectivity index (χ4n) is 1.93. The lowest BCUT2D eigenvalue weighted by atomic mass is 10.2. The fourth-order valence-corrected chi connectivity index (χ4v) is 3.24. The lowest BCUT2D eigenvalue weighted by Gasteiger charge is -2.13. The van der Waals surface area contributed by atoms with Crippen LogP contribution in [0.4, 0.5) is 18.9 Å². The van der Waals surface area contributed by atoms with E-state index in [1.54, 1.807) is 13.0 Å². The minimum atomic E-state index is -4.81. The zero-order valence-electron chi connectivity index (χ0n) is 12.7. The predicted molar refractivity (Wildman–Crippen MR) is 81.7 cm³/mol. The molecule has 9 heteroatoms. The molecule has 0 aliphatic carbocycles. The second-order valence-electron chi connectivity index (χ2n) is 4.83. The highest BCUT2D eigenvalue weighted by Gasteiger charge is 2.31. The maximum Gasteiger partial charge on any atom is 0.573 e. The smallest absolute Gasteiger partial charge is 0.495 e. The third-order valence-electron chi connectivity index (χ3n) is 2.95. The third-order valence-corrected chi connectivity index (χ3v) is 4.35. The van der Waals surface area contributed by atoms with Gasteiger partial charge in [0.05, 0.1) is 7.11 Å². The minimum Gasteiger partial charge on any atom is -0.495 e. The average molecular weight is 361 g/mol. The number of benzene rings is 2. The number of rotatable bonds is 5. The molecule has 0 bridgehead atoms. The van der Waals surface area contributed by atoms with E-state index in [-0.39, 0.29) is 16.3 Å². The van der Waals surface area contributed by atoms with Gasteiger partial charge in [-0.1, -0.05) is 6.07 Å². The lowest BCUT2D eigenvalue weighted by molar-refractivity contribution is -0.274. The van der Waals surface area contributed by atoms with Crippen LogP contribution in [0, 0.1) is 6.92 Å². The van der Waals surface area contributed by atoms with Gasteiger partial charge in [-0.15, -0.1) is 13.2 Å². The van der Waals surface area contributed by atoms with Crippen molar-refractivity contribution < 1.29 is 31.1 Å². The quantitative estimate of drug-likeness (QED) is 0.882. The van der Waals surface area contributed by atoms with Gasteiger partial charge in [0.2, 0.25) is 0 Å². The van der Waals surface area contributed by atoms with Crippen LogP contribution in [0.25, 0.3) is 0 Å². The number of halogens is 3. The second kappa shape index (κ2) is 6.60. The molecule has 0 saturated heterocycles. The number of nitrogens with one attached hydrogen (secondary N) is 1. The molecule has 5 nitrogen and oxygen atoms in total. The van der Waals surface area contributed by atoms with Gasteiger partial charge >= 0.3 is 6.36 Å². The molecule has 0 aliphatic rings. The van der Waals surface area contributed by atoms with Gasteiger partial charge in [0.25, 0.3) is 10.0 Å². The van der Waals surface area contributed by atoms with Crippen molar-refractivity contribution in [2.45, 2.75) is 18.2 Å². The molecule has 0 amide bonds. The number of ether oxygens (including phenoxy) is 2. The number of hydrogen-bond acceptors (Lipinski definition) is 4. The number of anilines is 1. The Labute approximate surface area is 137 Å². The molecule has 0 aliphatic heterocycles. The number of sulfonamides is 1. The number of hydrogen-bond donors (Lipinski definition) is 1. The zero-order valence-corrected chi connectivity index (χ0v) is 13.5. The first-order chi connectivity index (χ1) is 11.1. The first-order valence-electron chi connectivity index (χ1n) is 6.64. The van der Waals surface area contributed by atoms with Crippen LogP contribution in [-0.2, 0) is 10.0 Å². The van der Waals surface area contributed by atoms with E-state index in [1.165, 1.54) is 31.4 Å². The van der Waals surface area contributed by atoms with E-state index in [0.717, 1.165) is 12.1 Å². The van der Waals surface area contributed by atoms with Gasteiger partial charge < -0.3 is 9.47 Å². The third kappa shape index (κ3) is 4.54. The summed E-state index contributed by atoms with van der Waals surface area (Å²) in [7, 11) is -2.62. The maximum absolute atomic E-state index is 12.4. The molecule has 2 aromatic carbocycles. The van der Waals surface area contributed by atoms with Gasteiger partial charge in [0, 0.05) is 5.69 Å². The van der Waals surface area contributed by atoms with Crippen LogP contribution < -0.4 is 14.2 Å². The molecule has 2 rings (SSSR count). The summed E-state index contributed by atoms with van der Waals surface area (Å²) in [5.41, 5.74) is 0.804. The molecule has 0 radical (unpaired) electrons. The zero-order chi connectivity index (χ0) is 18.0. The molecular weight excluding hydrogens is 347 g/mol. The molecule has 0 heterocycles. The fraction of sp³-hybridized carbons (Fsp3) is 0.200. The van der Waals surface area contributed by atoms with Crippen molar-refractivity contribution in [3.8, 4) is 11.5 Å². The van der Waals surface area contributed by atoms with E-state index >= 15 is 0 Å². The Morgan fingerprint density at radius 2 is 1.67 bits per heavy atom. The largest absolute Gasteiger partial charge is 0.573 e. The van der Waals surface area contributed by atoms with Crippen molar-refractivity contribution >= 4 is 15.7 Å². The Hall–Kier alpha value is -2.42. The van der Waals surface area contributed by atoms with E-state index in [1.807, 2.05) is 0 Å². The molecule has 130 valence electrons. The van der Waals surface area contributed by atoms with Crippen LogP contribution in [0.15, 0.2) is 47.4 Å². The standard InChI is InChI=1S/C15H14F3NO4S/c1-10-3-8-13(22-2)14(9-10)24(20,21)19-11-4-6-12(7-5-11)23-15(16,17)18/h3-9,19H,1-2H3. The highest BCUT2D eigenvalue weighted by Crippen LogP contribution is 2.28. The molecule has 24 heavy (non-hydrogen) atoms. The van der Waals surface area contributed by atoms with Crippen molar-refractivity contribution in [2.24, 2.45) is 0 Å². The van der Waals surface area contributed by atoms with Gasteiger partial charge in [0.1, 0.15) is 16.4 Å². The summed E-state index contributed by atoms with van der Waals surface area (Å²) in [5.74, 6) is -0.288. The molecule has 0 saturated carbocycles. The summed E-state index contributed by atoms with van der Waals surface area (Å²) in [5, 5.41) is 0. The molecule has 0 aromatic heterocycles. The van der Waals surface area contributed by atoms with Gasteiger partial charge in [-0.05, 0) is 48.9 Å². The molecular formula is C15H14F3NO4S. The molecule has 0 spiro atoms. The first-order valence-corrected chi connectivity index (χ1v) is 8.12. The molecule has 0 atom stereocenters. The number of aryl methyl sites for hydroxylation is 1. The number of methoxy groups -OCH3 is 1. The minimum absolute atomic E-state index is 0.0689. The van der Waals surface area contributed by atoms with Gasteiger partial charge in [0.15, 0.2) is 0 Å². The van der Waals surface area contributed by atoms with Crippen molar-refractivity contribution in [2.75, 3.05) is 11.8 Å². The maximum atomic E-state index is 12.4. The Kier molecular flexibility index (Phi) is 4.93. The normalized spacial score (nSPS) is 11.9. The SMILES string of the molecule is COc1ccc(C)cc1S(=O)(=O)Nc1ccc(OC(F)(F)F)cc1. The van der Waals surface area contributed by atoms with Crippen LogP contribution in [-0.4, -0.2) is 21.9 Å². The van der Waals surface area contributed by atoms with Crippen LogP contribution >= 0.6 is 0 Å². The number of alkyl halides is 3. The van der Waals surface area contributed by atoms with E-state index < -0.39 is 22.1 Å². The Morgan fingerprint density at radius 3 is 2.21 bits per heavy atom. The molecule has 0 unspecified atom stereocenters. The summed E-state index contributed by atoms with van der Waals surface area (Å²) in [6.45, 7) is 1.72. The van der Waals surface area contributed by atoms with Crippen LogP contribution in [0.5, 0.6) is 11.5 Å². The van der Waals surface area contributed by atoms with Crippen molar-refractivity contribution in [1.29, 1.82) is 0 Å². The lowest BCUT2D eigenvalue weighted by Crippen LogP contribution is -2.17. The van der Waals surface area contributed by atoms with Gasteiger partial charge in [-0.3, -0.25) is 4.72 Å². The first kappa shape index (κ1) is 17.9. The predicted octanol–water partition coefficient (Wildman–Crippen LogP) is 3.70. The van der Waals surface area contributed by atoms with Crippen molar-refractivity contribution in [3.63, 3.8) is 0 Å². The van der Waals surface area contributed by atoms with Crippen LogP contribution in [0.3, 0.4) is 0 Å². The van der Waals surface area contributed by atoms with E-state index in [2.05, 4.69) is 9.46 Å².